The smallest absolute Gasteiger partial charge is 0.270 e. The molecule has 0 aliphatic rings. The Morgan fingerprint density at radius 1 is 1.23 bits per heavy atom. The molecular weight excluding hydrogens is 291 g/mol. The highest BCUT2D eigenvalue weighted by Gasteiger charge is 2.16. The summed E-state index contributed by atoms with van der Waals surface area (Å²) in [6, 6.07) is 9.09. The quantitative estimate of drug-likeness (QED) is 0.655. The number of halogens is 1. The molecule has 2 N–H and O–H groups in total. The van der Waals surface area contributed by atoms with E-state index in [1.165, 1.54) is 12.1 Å². The van der Waals surface area contributed by atoms with E-state index in [2.05, 4.69) is 5.32 Å². The average molecular weight is 304 g/mol. The number of hydrogen-bond acceptors (Lipinski definition) is 4. The molecule has 114 valence electrons. The fraction of sp³-hybridized carbons (Fsp3) is 0.133. The van der Waals surface area contributed by atoms with Gasteiger partial charge in [-0.15, -0.1) is 0 Å². The van der Waals surface area contributed by atoms with E-state index in [-0.39, 0.29) is 29.4 Å². The third-order valence-corrected chi connectivity index (χ3v) is 3.05. The summed E-state index contributed by atoms with van der Waals surface area (Å²) in [5, 5.41) is 22.8. The maximum absolute atomic E-state index is 12.8. The number of nitro benzene ring substituents is 1. The third kappa shape index (κ3) is 3.78. The van der Waals surface area contributed by atoms with Gasteiger partial charge >= 0.3 is 0 Å². The molecule has 0 heterocycles. The minimum Gasteiger partial charge on any atom is -0.507 e. The molecule has 6 nitrogen and oxygen atoms in total. The van der Waals surface area contributed by atoms with Crippen LogP contribution in [0.25, 0.3) is 0 Å². The van der Waals surface area contributed by atoms with Crippen molar-refractivity contribution in [3.8, 4) is 5.75 Å². The van der Waals surface area contributed by atoms with Gasteiger partial charge in [0.2, 0.25) is 0 Å². The van der Waals surface area contributed by atoms with Crippen molar-refractivity contribution in [2.24, 2.45) is 0 Å². The molecule has 22 heavy (non-hydrogen) atoms. The van der Waals surface area contributed by atoms with E-state index in [0.717, 1.165) is 23.8 Å². The molecule has 0 aromatic heterocycles. The maximum Gasteiger partial charge on any atom is 0.270 e. The van der Waals surface area contributed by atoms with Crippen LogP contribution in [-0.4, -0.2) is 22.5 Å². The molecule has 2 aromatic carbocycles. The van der Waals surface area contributed by atoms with Gasteiger partial charge in [-0.2, -0.15) is 0 Å². The number of carbonyl (C=O) groups excluding carboxylic acids is 1. The SMILES string of the molecule is O=C(NCCc1ccc(F)cc1)c1cc([N+](=O)[O-])ccc1O. The van der Waals surface area contributed by atoms with E-state index in [0.29, 0.717) is 6.42 Å². The van der Waals surface area contributed by atoms with Crippen molar-refractivity contribution >= 4 is 11.6 Å². The Kier molecular flexibility index (Phi) is 4.67. The number of nitrogens with zero attached hydrogens (tertiary/aromatic N) is 1. The first-order valence-electron chi connectivity index (χ1n) is 6.47. The van der Waals surface area contributed by atoms with Crippen molar-refractivity contribution < 1.29 is 19.2 Å². The highest BCUT2D eigenvalue weighted by Crippen LogP contribution is 2.22. The van der Waals surface area contributed by atoms with Crippen molar-refractivity contribution in [1.82, 2.24) is 5.32 Å². The Hall–Kier alpha value is -2.96. The maximum atomic E-state index is 12.8. The lowest BCUT2D eigenvalue weighted by Crippen LogP contribution is -2.25. The lowest BCUT2D eigenvalue weighted by molar-refractivity contribution is -0.384. The Balaban J connectivity index is 1.99. The number of phenolic OH excluding ortho intramolecular Hbond substituents is 1. The number of benzene rings is 2. The lowest BCUT2D eigenvalue weighted by atomic mass is 10.1. The minimum absolute atomic E-state index is 0.159. The molecule has 0 saturated carbocycles. The second kappa shape index (κ2) is 6.66. The Morgan fingerprint density at radius 2 is 1.91 bits per heavy atom. The van der Waals surface area contributed by atoms with Crippen molar-refractivity contribution in [2.75, 3.05) is 6.54 Å². The normalized spacial score (nSPS) is 10.2. The summed E-state index contributed by atoms with van der Waals surface area (Å²) < 4.78 is 12.8. The lowest BCUT2D eigenvalue weighted by Gasteiger charge is -2.07. The van der Waals surface area contributed by atoms with Crippen molar-refractivity contribution in [1.29, 1.82) is 0 Å². The topological polar surface area (TPSA) is 92.5 Å². The van der Waals surface area contributed by atoms with E-state index >= 15 is 0 Å². The van der Waals surface area contributed by atoms with E-state index < -0.39 is 10.8 Å². The zero-order valence-corrected chi connectivity index (χ0v) is 11.5. The van der Waals surface area contributed by atoms with Gasteiger partial charge in [0.1, 0.15) is 11.6 Å². The van der Waals surface area contributed by atoms with Gasteiger partial charge in [0.15, 0.2) is 0 Å². The van der Waals surface area contributed by atoms with Crippen molar-refractivity contribution in [3.63, 3.8) is 0 Å². The number of aromatic hydroxyl groups is 1. The fourth-order valence-corrected chi connectivity index (χ4v) is 1.89. The largest absolute Gasteiger partial charge is 0.507 e. The van der Waals surface area contributed by atoms with Crippen LogP contribution < -0.4 is 5.32 Å². The van der Waals surface area contributed by atoms with Gasteiger partial charge in [0, 0.05) is 18.7 Å². The summed E-state index contributed by atoms with van der Waals surface area (Å²) in [7, 11) is 0. The molecule has 0 aliphatic carbocycles. The van der Waals surface area contributed by atoms with E-state index in [9.17, 15) is 24.4 Å². The van der Waals surface area contributed by atoms with Crippen molar-refractivity contribution in [3.05, 3.63) is 69.5 Å². The molecule has 0 atom stereocenters. The number of nitrogens with one attached hydrogen (secondary N) is 1. The average Bonchev–Trinajstić information content (AvgIpc) is 2.49. The zero-order chi connectivity index (χ0) is 16.1. The van der Waals surface area contributed by atoms with Crippen LogP contribution in [0.2, 0.25) is 0 Å². The van der Waals surface area contributed by atoms with Gasteiger partial charge in [0.25, 0.3) is 11.6 Å². The van der Waals surface area contributed by atoms with Gasteiger partial charge in [0.05, 0.1) is 10.5 Å². The highest BCUT2D eigenvalue weighted by atomic mass is 19.1. The number of carbonyl (C=O) groups is 1. The monoisotopic (exact) mass is 304 g/mol. The molecular formula is C15H13FN2O4. The van der Waals surface area contributed by atoms with Gasteiger partial charge < -0.3 is 10.4 Å². The summed E-state index contributed by atoms with van der Waals surface area (Å²) in [6.45, 7) is 0.257. The Bertz CT molecular complexity index is 701. The molecule has 0 saturated heterocycles. The first kappa shape index (κ1) is 15.4. The molecule has 2 aromatic rings. The van der Waals surface area contributed by atoms with Crippen LogP contribution in [-0.2, 0) is 6.42 Å². The van der Waals surface area contributed by atoms with Gasteiger partial charge in [-0.1, -0.05) is 12.1 Å². The van der Waals surface area contributed by atoms with E-state index in [1.54, 1.807) is 12.1 Å². The molecule has 0 fully saturated rings. The number of non-ortho nitro benzene ring substituents is 1. The molecule has 0 unspecified atom stereocenters. The van der Waals surface area contributed by atoms with Gasteiger partial charge in [-0.05, 0) is 30.2 Å². The van der Waals surface area contributed by atoms with Crippen LogP contribution in [0.15, 0.2) is 42.5 Å². The van der Waals surface area contributed by atoms with Crippen LogP contribution in [0.1, 0.15) is 15.9 Å². The number of hydrogen-bond donors (Lipinski definition) is 2. The second-order valence-corrected chi connectivity index (χ2v) is 4.59. The zero-order valence-electron chi connectivity index (χ0n) is 11.5. The third-order valence-electron chi connectivity index (χ3n) is 3.05. The Labute approximate surface area is 125 Å². The number of phenols is 1. The molecule has 1 amide bonds. The van der Waals surface area contributed by atoms with Crippen LogP contribution in [0, 0.1) is 15.9 Å². The second-order valence-electron chi connectivity index (χ2n) is 4.59. The fourth-order valence-electron chi connectivity index (χ4n) is 1.89. The summed E-state index contributed by atoms with van der Waals surface area (Å²) in [5.41, 5.74) is 0.403. The summed E-state index contributed by atoms with van der Waals surface area (Å²) >= 11 is 0. The standard InChI is InChI=1S/C15H13FN2O4/c16-11-3-1-10(2-4-11)7-8-17-15(20)13-9-12(18(21)22)5-6-14(13)19/h1-6,9,19H,7-8H2,(H,17,20). The predicted molar refractivity (Wildman–Crippen MR) is 77.2 cm³/mol. The summed E-state index contributed by atoms with van der Waals surface area (Å²) in [4.78, 5) is 22.0. The molecule has 2 rings (SSSR count). The van der Waals surface area contributed by atoms with Crippen LogP contribution in [0.5, 0.6) is 5.75 Å². The number of rotatable bonds is 5. The molecule has 0 aliphatic heterocycles. The predicted octanol–water partition coefficient (Wildman–Crippen LogP) is 2.41. The molecule has 7 heteroatoms. The van der Waals surface area contributed by atoms with Crippen molar-refractivity contribution in [2.45, 2.75) is 6.42 Å². The van der Waals surface area contributed by atoms with Gasteiger partial charge in [-0.25, -0.2) is 4.39 Å². The van der Waals surface area contributed by atoms with Gasteiger partial charge in [-0.3, -0.25) is 14.9 Å². The minimum atomic E-state index is -0.644. The summed E-state index contributed by atoms with van der Waals surface area (Å²) in [6.07, 6.45) is 0.474. The summed E-state index contributed by atoms with van der Waals surface area (Å²) in [5.74, 6) is -1.28. The molecule has 0 bridgehead atoms. The first-order chi connectivity index (χ1) is 10.5. The van der Waals surface area contributed by atoms with Crippen LogP contribution >= 0.6 is 0 Å². The van der Waals surface area contributed by atoms with E-state index in [1.807, 2.05) is 0 Å². The van der Waals surface area contributed by atoms with Crippen LogP contribution in [0.3, 0.4) is 0 Å². The molecule has 0 spiro atoms. The Morgan fingerprint density at radius 3 is 2.55 bits per heavy atom. The number of amides is 1. The molecule has 0 radical (unpaired) electrons. The highest BCUT2D eigenvalue weighted by molar-refractivity contribution is 5.97. The van der Waals surface area contributed by atoms with E-state index in [4.69, 9.17) is 0 Å². The number of nitro groups is 1. The van der Waals surface area contributed by atoms with Crippen LogP contribution in [0.4, 0.5) is 10.1 Å². The first-order valence-corrected chi connectivity index (χ1v) is 6.47.